The van der Waals surface area contributed by atoms with Crippen LogP contribution in [-0.2, 0) is 4.74 Å². The second-order valence-electron chi connectivity index (χ2n) is 3.52. The van der Waals surface area contributed by atoms with Gasteiger partial charge in [-0.25, -0.2) is 13.2 Å². The van der Waals surface area contributed by atoms with Gasteiger partial charge in [-0.1, -0.05) is 0 Å². The van der Waals surface area contributed by atoms with E-state index in [4.69, 9.17) is 5.73 Å². The summed E-state index contributed by atoms with van der Waals surface area (Å²) in [5.41, 5.74) is 4.87. The molecule has 102 valence electrons. The van der Waals surface area contributed by atoms with Crippen LogP contribution in [0.15, 0.2) is 12.1 Å². The monoisotopic (exact) mass is 273 g/mol. The molecule has 1 atom stereocenters. The molecule has 0 aromatic heterocycles. The van der Waals surface area contributed by atoms with Crippen molar-refractivity contribution in [3.05, 3.63) is 35.1 Å². The van der Waals surface area contributed by atoms with Crippen molar-refractivity contribution in [3.63, 3.8) is 0 Å². The first kappa shape index (κ1) is 14.8. The van der Waals surface area contributed by atoms with E-state index in [1.807, 2.05) is 0 Å². The van der Waals surface area contributed by atoms with Crippen LogP contribution in [0.2, 0.25) is 0 Å². The molecule has 0 radical (unpaired) electrons. The molecule has 0 aliphatic rings. The lowest BCUT2D eigenvalue weighted by Crippen LogP contribution is -2.24. The Labute approximate surface area is 98.3 Å². The van der Waals surface area contributed by atoms with Gasteiger partial charge in [-0.2, -0.15) is 13.2 Å². The molecule has 1 rings (SSSR count). The average Bonchev–Trinajstić information content (AvgIpc) is 2.21. The molecular formula is C10H9F6NO. The van der Waals surface area contributed by atoms with Crippen molar-refractivity contribution in [2.75, 3.05) is 13.2 Å². The molecule has 1 aromatic rings. The zero-order valence-corrected chi connectivity index (χ0v) is 8.90. The van der Waals surface area contributed by atoms with Crippen molar-refractivity contribution in [2.24, 2.45) is 5.73 Å². The first-order valence-electron chi connectivity index (χ1n) is 4.75. The molecule has 0 aliphatic heterocycles. The molecule has 0 fully saturated rings. The second kappa shape index (κ2) is 5.57. The maximum absolute atomic E-state index is 13.2. The Morgan fingerprint density at radius 3 is 2.17 bits per heavy atom. The molecule has 18 heavy (non-hydrogen) atoms. The van der Waals surface area contributed by atoms with Crippen molar-refractivity contribution in [2.45, 2.75) is 12.2 Å². The van der Waals surface area contributed by atoms with Gasteiger partial charge in [0.25, 0.3) is 0 Å². The molecule has 1 unspecified atom stereocenters. The fraction of sp³-hybridized carbons (Fsp3) is 0.400. The van der Waals surface area contributed by atoms with E-state index in [9.17, 15) is 26.3 Å². The summed E-state index contributed by atoms with van der Waals surface area (Å²) >= 11 is 0. The second-order valence-corrected chi connectivity index (χ2v) is 3.52. The lowest BCUT2D eigenvalue weighted by atomic mass is 10.1. The number of nitrogens with two attached hydrogens (primary N) is 1. The van der Waals surface area contributed by atoms with E-state index in [0.29, 0.717) is 6.07 Å². The number of benzene rings is 1. The highest BCUT2D eigenvalue weighted by atomic mass is 19.4. The van der Waals surface area contributed by atoms with Crippen LogP contribution in [0.4, 0.5) is 26.3 Å². The van der Waals surface area contributed by atoms with E-state index in [0.717, 1.165) is 0 Å². The minimum Gasteiger partial charge on any atom is -0.370 e. The van der Waals surface area contributed by atoms with Crippen molar-refractivity contribution >= 4 is 0 Å². The van der Waals surface area contributed by atoms with Crippen LogP contribution < -0.4 is 5.73 Å². The number of halogens is 6. The van der Waals surface area contributed by atoms with Gasteiger partial charge in [-0.15, -0.1) is 0 Å². The molecule has 0 aliphatic carbocycles. The Morgan fingerprint density at radius 2 is 1.61 bits per heavy atom. The molecule has 2 nitrogen and oxygen atoms in total. The van der Waals surface area contributed by atoms with Crippen molar-refractivity contribution < 1.29 is 31.1 Å². The van der Waals surface area contributed by atoms with Gasteiger partial charge >= 0.3 is 6.18 Å². The molecule has 0 saturated carbocycles. The van der Waals surface area contributed by atoms with Gasteiger partial charge in [0.15, 0.2) is 11.6 Å². The summed E-state index contributed by atoms with van der Waals surface area (Å²) in [5, 5.41) is 0. The smallest absolute Gasteiger partial charge is 0.370 e. The topological polar surface area (TPSA) is 35.2 Å². The van der Waals surface area contributed by atoms with Gasteiger partial charge in [-0.05, 0) is 6.07 Å². The van der Waals surface area contributed by atoms with Crippen LogP contribution >= 0.6 is 0 Å². The van der Waals surface area contributed by atoms with Crippen LogP contribution in [-0.4, -0.2) is 19.4 Å². The third kappa shape index (κ3) is 4.19. The van der Waals surface area contributed by atoms with E-state index in [2.05, 4.69) is 4.74 Å². The summed E-state index contributed by atoms with van der Waals surface area (Å²) in [7, 11) is 0. The van der Waals surface area contributed by atoms with Gasteiger partial charge in [-0.3, -0.25) is 0 Å². The fourth-order valence-corrected chi connectivity index (χ4v) is 1.21. The van der Waals surface area contributed by atoms with E-state index < -0.39 is 48.4 Å². The SMILES string of the molecule is NC(COCC(F)(F)F)c1cc(F)c(F)cc1F. The molecular weight excluding hydrogens is 264 g/mol. The Hall–Kier alpha value is -1.28. The van der Waals surface area contributed by atoms with Gasteiger partial charge < -0.3 is 10.5 Å². The van der Waals surface area contributed by atoms with Crippen molar-refractivity contribution in [1.29, 1.82) is 0 Å². The average molecular weight is 273 g/mol. The lowest BCUT2D eigenvalue weighted by molar-refractivity contribution is -0.174. The van der Waals surface area contributed by atoms with E-state index in [1.54, 1.807) is 0 Å². The minimum atomic E-state index is -4.54. The third-order valence-corrected chi connectivity index (χ3v) is 2.00. The number of hydrogen-bond donors (Lipinski definition) is 1. The molecule has 0 heterocycles. The first-order valence-corrected chi connectivity index (χ1v) is 4.75. The van der Waals surface area contributed by atoms with Crippen LogP contribution in [0.3, 0.4) is 0 Å². The van der Waals surface area contributed by atoms with Gasteiger partial charge in [0.05, 0.1) is 12.6 Å². The molecule has 2 N–H and O–H groups in total. The molecule has 0 spiro atoms. The van der Waals surface area contributed by atoms with Gasteiger partial charge in [0, 0.05) is 11.6 Å². The zero-order valence-electron chi connectivity index (χ0n) is 8.90. The summed E-state index contributed by atoms with van der Waals surface area (Å²) in [4.78, 5) is 0. The molecule has 0 amide bonds. The van der Waals surface area contributed by atoms with Crippen molar-refractivity contribution in [3.8, 4) is 0 Å². The number of alkyl halides is 3. The Kier molecular flexibility index (Phi) is 4.58. The summed E-state index contributed by atoms with van der Waals surface area (Å²) in [6, 6.07) is -0.553. The summed E-state index contributed by atoms with van der Waals surface area (Å²) in [6.07, 6.45) is -4.54. The lowest BCUT2D eigenvalue weighted by Gasteiger charge is -2.14. The molecule has 1 aromatic carbocycles. The Morgan fingerprint density at radius 1 is 1.06 bits per heavy atom. The fourth-order valence-electron chi connectivity index (χ4n) is 1.21. The Balaban J connectivity index is 2.67. The highest BCUT2D eigenvalue weighted by Crippen LogP contribution is 2.20. The van der Waals surface area contributed by atoms with Gasteiger partial charge in [0.1, 0.15) is 12.4 Å². The number of ether oxygens (including phenoxy) is 1. The van der Waals surface area contributed by atoms with Gasteiger partial charge in [0.2, 0.25) is 0 Å². The number of hydrogen-bond acceptors (Lipinski definition) is 2. The summed E-state index contributed by atoms with van der Waals surface area (Å²) < 4.78 is 78.1. The van der Waals surface area contributed by atoms with E-state index in [-0.39, 0.29) is 6.07 Å². The van der Waals surface area contributed by atoms with Crippen LogP contribution in [0, 0.1) is 17.5 Å². The highest BCUT2D eigenvalue weighted by molar-refractivity contribution is 5.23. The largest absolute Gasteiger partial charge is 0.411 e. The predicted octanol–water partition coefficient (Wildman–Crippen LogP) is 2.68. The first-order chi connectivity index (χ1) is 8.20. The minimum absolute atomic E-state index is 0.272. The normalized spacial score (nSPS) is 13.7. The number of rotatable bonds is 4. The predicted molar refractivity (Wildman–Crippen MR) is 50.1 cm³/mol. The highest BCUT2D eigenvalue weighted by Gasteiger charge is 2.28. The zero-order chi connectivity index (χ0) is 13.9. The molecule has 0 bridgehead atoms. The van der Waals surface area contributed by atoms with Crippen LogP contribution in [0.1, 0.15) is 11.6 Å². The quantitative estimate of drug-likeness (QED) is 0.676. The summed E-state index contributed by atoms with van der Waals surface area (Å²) in [6.45, 7) is -2.21. The Bertz CT molecular complexity index is 420. The van der Waals surface area contributed by atoms with E-state index >= 15 is 0 Å². The van der Waals surface area contributed by atoms with Crippen LogP contribution in [0.5, 0.6) is 0 Å². The van der Waals surface area contributed by atoms with E-state index in [1.165, 1.54) is 0 Å². The molecule has 0 saturated heterocycles. The maximum atomic E-state index is 13.2. The van der Waals surface area contributed by atoms with Crippen LogP contribution in [0.25, 0.3) is 0 Å². The molecule has 8 heteroatoms. The summed E-state index contributed by atoms with van der Waals surface area (Å²) in [5.74, 6) is -3.88. The standard InChI is InChI=1S/C10H9F6NO/c11-6-2-8(13)7(12)1-5(6)9(17)3-18-4-10(14,15)16/h1-2,9H,3-4,17H2. The van der Waals surface area contributed by atoms with Crippen molar-refractivity contribution in [1.82, 2.24) is 0 Å². The third-order valence-electron chi connectivity index (χ3n) is 2.00. The maximum Gasteiger partial charge on any atom is 0.411 e.